The molecule has 0 saturated heterocycles. The third-order valence-corrected chi connectivity index (χ3v) is 4.74. The first-order valence-electron chi connectivity index (χ1n) is 8.52. The van der Waals surface area contributed by atoms with Gasteiger partial charge >= 0.3 is 17.5 Å². The molecule has 1 aromatic heterocycles. The van der Waals surface area contributed by atoms with Gasteiger partial charge in [0.25, 0.3) is 0 Å². The zero-order valence-corrected chi connectivity index (χ0v) is 17.1. The Hall–Kier alpha value is -3.33. The van der Waals surface area contributed by atoms with Gasteiger partial charge in [0, 0.05) is 17.2 Å². The number of hydrogen-bond acceptors (Lipinski definition) is 1. The number of hydrogen-bond donors (Lipinski definition) is 5. The Bertz CT molecular complexity index is 1100. The zero-order chi connectivity index (χ0) is 20.3. The summed E-state index contributed by atoms with van der Waals surface area (Å²) in [6, 6.07) is 16.9. The number of benzene rings is 2. The maximum atomic E-state index is 12.9. The first-order chi connectivity index (χ1) is 13.4. The standard InChI is InChI=1S/C19H20BrN7O/c1-12-16(17(28)27(26(12)2)15-6-4-3-5-7-15)24-19(22)25-18(21)23-14-10-8-13(20)9-11-14/h3-11H,1-2H3,(H5,21,22,23,24,25)/p+2. The van der Waals surface area contributed by atoms with Crippen molar-refractivity contribution < 1.29 is 9.98 Å². The van der Waals surface area contributed by atoms with Crippen molar-refractivity contribution >= 4 is 39.2 Å². The van der Waals surface area contributed by atoms with Gasteiger partial charge in [-0.3, -0.25) is 9.48 Å². The van der Waals surface area contributed by atoms with Crippen LogP contribution >= 0.6 is 15.9 Å². The van der Waals surface area contributed by atoms with E-state index in [1.807, 2.05) is 68.6 Å². The maximum Gasteiger partial charge on any atom is 0.523 e. The Morgan fingerprint density at radius 3 is 2.36 bits per heavy atom. The third kappa shape index (κ3) is 4.15. The number of anilines is 1. The predicted molar refractivity (Wildman–Crippen MR) is 113 cm³/mol. The number of nitrogens with one attached hydrogen (secondary N) is 3. The molecule has 2 aromatic carbocycles. The van der Waals surface area contributed by atoms with Gasteiger partial charge in [0.2, 0.25) is 5.69 Å². The third-order valence-electron chi connectivity index (χ3n) is 4.21. The average molecular weight is 444 g/mol. The highest BCUT2D eigenvalue weighted by Crippen LogP contribution is 2.13. The number of para-hydroxylation sites is 1. The molecule has 0 amide bonds. The number of nitrogens with zero attached hydrogens (tertiary/aromatic N) is 2. The van der Waals surface area contributed by atoms with Crippen LogP contribution < -0.4 is 32.3 Å². The van der Waals surface area contributed by atoms with E-state index in [0.29, 0.717) is 5.69 Å². The molecule has 9 heteroatoms. The van der Waals surface area contributed by atoms with Crippen molar-refractivity contribution in [1.82, 2.24) is 9.36 Å². The monoisotopic (exact) mass is 443 g/mol. The highest BCUT2D eigenvalue weighted by molar-refractivity contribution is 9.10. The van der Waals surface area contributed by atoms with E-state index in [-0.39, 0.29) is 17.5 Å². The van der Waals surface area contributed by atoms with Gasteiger partial charge in [-0.1, -0.05) is 34.1 Å². The summed E-state index contributed by atoms with van der Waals surface area (Å²) in [7, 11) is 1.81. The second-order valence-electron chi connectivity index (χ2n) is 6.15. The summed E-state index contributed by atoms with van der Waals surface area (Å²) in [4.78, 5) is 18.6. The van der Waals surface area contributed by atoms with E-state index < -0.39 is 0 Å². The second-order valence-corrected chi connectivity index (χ2v) is 7.06. The molecule has 3 aromatic rings. The van der Waals surface area contributed by atoms with Gasteiger partial charge < -0.3 is 11.1 Å². The molecule has 8 nitrogen and oxygen atoms in total. The normalized spacial score (nSPS) is 12.2. The fourth-order valence-electron chi connectivity index (χ4n) is 2.74. The van der Waals surface area contributed by atoms with Crippen molar-refractivity contribution in [3.8, 4) is 5.69 Å². The number of halogens is 1. The molecule has 0 fully saturated rings. The van der Waals surface area contributed by atoms with E-state index in [1.165, 1.54) is 0 Å². The molecule has 28 heavy (non-hydrogen) atoms. The molecule has 0 atom stereocenters. The summed E-state index contributed by atoms with van der Waals surface area (Å²) in [6.45, 7) is 1.84. The molecule has 0 aliphatic carbocycles. The highest BCUT2D eigenvalue weighted by Gasteiger charge is 2.20. The van der Waals surface area contributed by atoms with Crippen molar-refractivity contribution in [2.24, 2.45) is 18.5 Å². The van der Waals surface area contributed by atoms with E-state index >= 15 is 0 Å². The van der Waals surface area contributed by atoms with Gasteiger partial charge in [0.1, 0.15) is 0 Å². The van der Waals surface area contributed by atoms with Crippen LogP contribution in [0.4, 0.5) is 11.4 Å². The minimum absolute atomic E-state index is 0.133. The first kappa shape index (κ1) is 19.4. The predicted octanol–water partition coefficient (Wildman–Crippen LogP) is -1.22. The van der Waals surface area contributed by atoms with E-state index in [4.69, 9.17) is 11.5 Å². The van der Waals surface area contributed by atoms with E-state index in [9.17, 15) is 4.79 Å². The molecule has 3 rings (SSSR count). The quantitative estimate of drug-likeness (QED) is 0.257. The van der Waals surface area contributed by atoms with Crippen molar-refractivity contribution in [2.75, 3.05) is 5.32 Å². The van der Waals surface area contributed by atoms with Crippen LogP contribution in [0.15, 0.2) is 63.9 Å². The van der Waals surface area contributed by atoms with Crippen molar-refractivity contribution in [3.63, 3.8) is 0 Å². The lowest BCUT2D eigenvalue weighted by atomic mass is 10.3. The zero-order valence-electron chi connectivity index (χ0n) is 15.5. The maximum absolute atomic E-state index is 12.9. The smallest absolute Gasteiger partial charge is 0.344 e. The van der Waals surface area contributed by atoms with Gasteiger partial charge in [-0.25, -0.2) is 10.4 Å². The van der Waals surface area contributed by atoms with Crippen molar-refractivity contribution in [1.29, 1.82) is 0 Å². The summed E-state index contributed by atoms with van der Waals surface area (Å²) < 4.78 is 4.30. The molecule has 0 aliphatic heterocycles. The Kier molecular flexibility index (Phi) is 5.65. The van der Waals surface area contributed by atoms with E-state index in [1.54, 1.807) is 9.36 Å². The minimum Gasteiger partial charge on any atom is -0.344 e. The number of nitrogens with two attached hydrogens (primary N) is 2. The van der Waals surface area contributed by atoms with Crippen LogP contribution in [0.3, 0.4) is 0 Å². The van der Waals surface area contributed by atoms with Crippen molar-refractivity contribution in [2.45, 2.75) is 6.92 Å². The van der Waals surface area contributed by atoms with E-state index in [0.717, 1.165) is 21.5 Å². The number of guanidine groups is 2. The summed E-state index contributed by atoms with van der Waals surface area (Å²) in [5.74, 6) is 0.359. The lowest BCUT2D eigenvalue weighted by Crippen LogP contribution is -2.96. The van der Waals surface area contributed by atoms with Crippen molar-refractivity contribution in [3.05, 3.63) is 75.1 Å². The number of rotatable bonds is 3. The lowest BCUT2D eigenvalue weighted by Gasteiger charge is -2.06. The van der Waals surface area contributed by atoms with Crippen LogP contribution in [0.2, 0.25) is 0 Å². The van der Waals surface area contributed by atoms with Crippen LogP contribution in [0.5, 0.6) is 0 Å². The topological polar surface area (TPSA) is 119 Å². The van der Waals surface area contributed by atoms with Gasteiger partial charge in [-0.15, -0.1) is 4.99 Å². The largest absolute Gasteiger partial charge is 0.523 e. The SMILES string of the molecule is Cc1c([NH+]=C(N)[NH+]=C(N)Nc2ccc(Br)cc2)c(=O)n(-c2ccccc2)n1C. The molecule has 1 heterocycles. The molecule has 144 valence electrons. The van der Waals surface area contributed by atoms with E-state index in [2.05, 4.69) is 31.2 Å². The summed E-state index contributed by atoms with van der Waals surface area (Å²) in [5, 5.41) is 2.99. The fourth-order valence-corrected chi connectivity index (χ4v) is 3.01. The Morgan fingerprint density at radius 1 is 1.07 bits per heavy atom. The molecular weight excluding hydrogens is 422 g/mol. The van der Waals surface area contributed by atoms with Crippen LogP contribution in [0, 0.1) is 6.92 Å². The molecule has 0 spiro atoms. The summed E-state index contributed by atoms with van der Waals surface area (Å²) in [6.07, 6.45) is 0. The first-order valence-corrected chi connectivity index (χ1v) is 9.31. The highest BCUT2D eigenvalue weighted by atomic mass is 79.9. The fraction of sp³-hybridized carbons (Fsp3) is 0.105. The molecule has 0 aliphatic rings. The Morgan fingerprint density at radius 2 is 1.71 bits per heavy atom. The molecule has 0 unspecified atom stereocenters. The van der Waals surface area contributed by atoms with Gasteiger partial charge in [-0.05, 0) is 43.3 Å². The molecule has 0 radical (unpaired) electrons. The summed E-state index contributed by atoms with van der Waals surface area (Å²) in [5.41, 5.74) is 14.4. The number of aromatic nitrogens is 2. The molecular formula is C19H22BrN7O+2. The van der Waals surface area contributed by atoms with Crippen LogP contribution in [0.25, 0.3) is 5.69 Å². The second kappa shape index (κ2) is 8.13. The van der Waals surface area contributed by atoms with Crippen LogP contribution in [-0.2, 0) is 7.05 Å². The van der Waals surface area contributed by atoms with Gasteiger partial charge in [-0.2, -0.15) is 4.99 Å². The minimum atomic E-state index is -0.213. The van der Waals surface area contributed by atoms with Gasteiger partial charge in [0.05, 0.1) is 11.4 Å². The Labute approximate surface area is 170 Å². The molecule has 7 N–H and O–H groups in total. The average Bonchev–Trinajstić information content (AvgIpc) is 2.87. The molecule has 0 saturated carbocycles. The van der Waals surface area contributed by atoms with Gasteiger partial charge in [0.15, 0.2) is 0 Å². The van der Waals surface area contributed by atoms with Crippen LogP contribution in [-0.4, -0.2) is 21.3 Å². The Balaban J connectivity index is 1.90. The summed E-state index contributed by atoms with van der Waals surface area (Å²) >= 11 is 3.38. The molecule has 0 bridgehead atoms. The van der Waals surface area contributed by atoms with Crippen LogP contribution in [0.1, 0.15) is 5.69 Å². The lowest BCUT2D eigenvalue weighted by molar-refractivity contribution is -0.459.